The van der Waals surface area contributed by atoms with E-state index in [4.69, 9.17) is 4.74 Å². The monoisotopic (exact) mass is 455 g/mol. The number of imide groups is 1. The third-order valence-corrected chi connectivity index (χ3v) is 5.94. The van der Waals surface area contributed by atoms with Crippen molar-refractivity contribution in [3.05, 3.63) is 95.2 Å². The number of benzene rings is 3. The number of amides is 2. The number of carbonyl (C=O) groups is 2. The summed E-state index contributed by atoms with van der Waals surface area (Å²) in [5.41, 5.74) is 5.35. The Hall–Kier alpha value is -4.06. The molecule has 0 bridgehead atoms. The fourth-order valence-corrected chi connectivity index (χ4v) is 3.90. The molecule has 6 nitrogen and oxygen atoms in total. The molecule has 0 fully saturated rings. The molecule has 0 unspecified atom stereocenters. The second-order valence-corrected chi connectivity index (χ2v) is 8.54. The third kappa shape index (κ3) is 4.81. The van der Waals surface area contributed by atoms with E-state index in [2.05, 4.69) is 5.32 Å². The summed E-state index contributed by atoms with van der Waals surface area (Å²) in [6.07, 6.45) is 0.563. The summed E-state index contributed by atoms with van der Waals surface area (Å²) in [4.78, 5) is 30.2. The van der Waals surface area contributed by atoms with Crippen molar-refractivity contribution in [3.8, 4) is 5.75 Å². The fraction of sp³-hybridized carbons (Fsp3) is 0.214. The molecule has 0 saturated carbocycles. The molecule has 2 amide bonds. The minimum atomic E-state index is -0.314. The van der Waals surface area contributed by atoms with Crippen LogP contribution in [-0.4, -0.2) is 44.5 Å². The lowest BCUT2D eigenvalue weighted by Gasteiger charge is -2.16. The smallest absolute Gasteiger partial charge is 0.278 e. The van der Waals surface area contributed by atoms with Crippen molar-refractivity contribution in [3.63, 3.8) is 0 Å². The van der Waals surface area contributed by atoms with E-state index in [1.807, 2.05) is 98.7 Å². The molecule has 1 N–H and O–H groups in total. The predicted octanol–water partition coefficient (Wildman–Crippen LogP) is 4.50. The summed E-state index contributed by atoms with van der Waals surface area (Å²) in [5, 5.41) is 3.23. The first kappa shape index (κ1) is 23.1. The molecular formula is C28H29N3O3. The van der Waals surface area contributed by atoms with E-state index in [0.717, 1.165) is 33.8 Å². The van der Waals surface area contributed by atoms with Crippen LogP contribution in [0.2, 0.25) is 0 Å². The first-order valence-corrected chi connectivity index (χ1v) is 11.2. The van der Waals surface area contributed by atoms with Crippen molar-refractivity contribution in [2.75, 3.05) is 38.0 Å². The van der Waals surface area contributed by atoms with Gasteiger partial charge in [0, 0.05) is 32.0 Å². The Balaban J connectivity index is 1.61. The molecule has 34 heavy (non-hydrogen) atoms. The van der Waals surface area contributed by atoms with E-state index in [-0.39, 0.29) is 11.8 Å². The van der Waals surface area contributed by atoms with Gasteiger partial charge in [-0.2, -0.15) is 0 Å². The normalized spacial score (nSPS) is 13.5. The van der Waals surface area contributed by atoms with Crippen LogP contribution in [0.25, 0.3) is 5.57 Å². The van der Waals surface area contributed by atoms with Gasteiger partial charge in [-0.05, 0) is 60.9 Å². The summed E-state index contributed by atoms with van der Waals surface area (Å²) < 4.78 is 5.21. The van der Waals surface area contributed by atoms with E-state index >= 15 is 0 Å². The molecule has 3 aromatic carbocycles. The molecule has 1 aliphatic rings. The molecule has 0 spiro atoms. The number of anilines is 2. The van der Waals surface area contributed by atoms with Gasteiger partial charge in [0.25, 0.3) is 11.8 Å². The zero-order valence-corrected chi connectivity index (χ0v) is 20.0. The summed E-state index contributed by atoms with van der Waals surface area (Å²) in [6, 6.07) is 23.1. The van der Waals surface area contributed by atoms with Gasteiger partial charge in [0.1, 0.15) is 11.4 Å². The lowest BCUT2D eigenvalue weighted by atomic mass is 10.0. The van der Waals surface area contributed by atoms with Crippen molar-refractivity contribution in [2.24, 2.45) is 0 Å². The molecule has 0 saturated heterocycles. The van der Waals surface area contributed by atoms with E-state index in [1.54, 1.807) is 7.11 Å². The van der Waals surface area contributed by atoms with Crippen LogP contribution in [0.4, 0.5) is 11.4 Å². The number of ether oxygens (including phenoxy) is 1. The molecule has 1 aliphatic heterocycles. The summed E-state index contributed by atoms with van der Waals surface area (Å²) in [6.45, 7) is 2.29. The maximum atomic E-state index is 13.4. The van der Waals surface area contributed by atoms with Gasteiger partial charge in [-0.15, -0.1) is 0 Å². The average Bonchev–Trinajstić information content (AvgIpc) is 3.07. The van der Waals surface area contributed by atoms with Crippen molar-refractivity contribution in [1.82, 2.24) is 4.90 Å². The second-order valence-electron chi connectivity index (χ2n) is 8.54. The molecule has 6 heteroatoms. The fourth-order valence-electron chi connectivity index (χ4n) is 3.90. The van der Waals surface area contributed by atoms with Crippen LogP contribution in [0.15, 0.2) is 78.5 Å². The van der Waals surface area contributed by atoms with Crippen LogP contribution < -0.4 is 15.0 Å². The number of nitrogens with zero attached hydrogens (tertiary/aromatic N) is 2. The zero-order valence-electron chi connectivity index (χ0n) is 20.0. The molecule has 0 atom stereocenters. The Morgan fingerprint density at radius 1 is 0.853 bits per heavy atom. The molecule has 174 valence electrons. The number of nitrogens with one attached hydrogen (secondary N) is 1. The second kappa shape index (κ2) is 9.83. The number of hydrogen-bond donors (Lipinski definition) is 1. The van der Waals surface area contributed by atoms with E-state index in [9.17, 15) is 9.59 Å². The van der Waals surface area contributed by atoms with Crippen molar-refractivity contribution < 1.29 is 14.3 Å². The van der Waals surface area contributed by atoms with Crippen LogP contribution in [0.5, 0.6) is 5.75 Å². The molecular weight excluding hydrogens is 426 g/mol. The third-order valence-electron chi connectivity index (χ3n) is 5.94. The molecule has 4 rings (SSSR count). The van der Waals surface area contributed by atoms with Gasteiger partial charge in [-0.3, -0.25) is 14.5 Å². The average molecular weight is 456 g/mol. The largest absolute Gasteiger partial charge is 0.497 e. The number of carbonyl (C=O) groups excluding carboxylic acids is 2. The van der Waals surface area contributed by atoms with E-state index < -0.39 is 0 Å². The Bertz CT molecular complexity index is 1210. The minimum absolute atomic E-state index is 0.283. The number of aryl methyl sites for hydroxylation is 1. The first-order valence-electron chi connectivity index (χ1n) is 11.2. The number of hydrogen-bond acceptors (Lipinski definition) is 5. The highest BCUT2D eigenvalue weighted by Gasteiger charge is 2.38. The SMILES string of the molecule is COc1ccc(CCN2C(=O)C(Nc3ccc(N(C)C)cc3)=C(c3ccc(C)cc3)C2=O)cc1. The van der Waals surface area contributed by atoms with Crippen LogP contribution in [0.1, 0.15) is 16.7 Å². The predicted molar refractivity (Wildman–Crippen MR) is 136 cm³/mol. The van der Waals surface area contributed by atoms with Crippen LogP contribution in [-0.2, 0) is 16.0 Å². The Morgan fingerprint density at radius 3 is 2.09 bits per heavy atom. The zero-order chi connectivity index (χ0) is 24.2. The maximum Gasteiger partial charge on any atom is 0.278 e. The topological polar surface area (TPSA) is 61.9 Å². The quantitative estimate of drug-likeness (QED) is 0.507. The lowest BCUT2D eigenvalue weighted by Crippen LogP contribution is -2.34. The summed E-state index contributed by atoms with van der Waals surface area (Å²) in [5.74, 6) is 0.174. The Labute approximate surface area is 200 Å². The van der Waals surface area contributed by atoms with Crippen molar-refractivity contribution in [2.45, 2.75) is 13.3 Å². The summed E-state index contributed by atoms with van der Waals surface area (Å²) in [7, 11) is 5.57. The maximum absolute atomic E-state index is 13.4. The van der Waals surface area contributed by atoms with Gasteiger partial charge in [0.05, 0.1) is 12.7 Å². The Kier molecular flexibility index (Phi) is 6.68. The molecule has 0 radical (unpaired) electrons. The molecule has 3 aromatic rings. The summed E-state index contributed by atoms with van der Waals surface area (Å²) >= 11 is 0. The Morgan fingerprint density at radius 2 is 1.50 bits per heavy atom. The van der Waals surface area contributed by atoms with Crippen molar-refractivity contribution >= 4 is 28.8 Å². The van der Waals surface area contributed by atoms with Gasteiger partial charge in [0.2, 0.25) is 0 Å². The highest BCUT2D eigenvalue weighted by molar-refractivity contribution is 6.36. The first-order chi connectivity index (χ1) is 16.4. The minimum Gasteiger partial charge on any atom is -0.497 e. The van der Waals surface area contributed by atoms with E-state index in [0.29, 0.717) is 24.2 Å². The van der Waals surface area contributed by atoms with Gasteiger partial charge < -0.3 is 15.0 Å². The number of rotatable bonds is 8. The van der Waals surface area contributed by atoms with Crippen LogP contribution in [0, 0.1) is 6.92 Å². The van der Waals surface area contributed by atoms with Gasteiger partial charge >= 0.3 is 0 Å². The van der Waals surface area contributed by atoms with Crippen LogP contribution >= 0.6 is 0 Å². The highest BCUT2D eigenvalue weighted by Crippen LogP contribution is 2.31. The van der Waals surface area contributed by atoms with Gasteiger partial charge in [-0.1, -0.05) is 42.0 Å². The van der Waals surface area contributed by atoms with Crippen molar-refractivity contribution in [1.29, 1.82) is 0 Å². The van der Waals surface area contributed by atoms with E-state index in [1.165, 1.54) is 4.90 Å². The molecule has 1 heterocycles. The van der Waals surface area contributed by atoms with Gasteiger partial charge in [-0.25, -0.2) is 0 Å². The van der Waals surface area contributed by atoms with Crippen LogP contribution in [0.3, 0.4) is 0 Å². The number of methoxy groups -OCH3 is 1. The molecule has 0 aromatic heterocycles. The lowest BCUT2D eigenvalue weighted by molar-refractivity contribution is -0.136. The van der Waals surface area contributed by atoms with Gasteiger partial charge in [0.15, 0.2) is 0 Å². The highest BCUT2D eigenvalue weighted by atomic mass is 16.5. The standard InChI is InChI=1S/C28H29N3O3/c1-19-5-9-21(10-6-19)25-26(29-22-11-13-23(14-12-22)30(2)3)28(33)31(27(25)32)18-17-20-7-15-24(34-4)16-8-20/h5-16,29H,17-18H2,1-4H3. The molecule has 0 aliphatic carbocycles.